The molecule has 4 nitrogen and oxygen atoms in total. The number of hydrogen-bond acceptors (Lipinski definition) is 4. The van der Waals surface area contributed by atoms with Crippen molar-refractivity contribution in [1.29, 1.82) is 0 Å². The smallest absolute Gasteiger partial charge is 0.302 e. The molecule has 5 saturated carbocycles. The molecule has 1 N–H and O–H groups in total. The van der Waals surface area contributed by atoms with E-state index in [1.54, 1.807) is 6.92 Å². The van der Waals surface area contributed by atoms with Gasteiger partial charge in [0.2, 0.25) is 0 Å². The maximum Gasteiger partial charge on any atom is 0.302 e. The lowest BCUT2D eigenvalue weighted by Crippen LogP contribution is -2.67. The van der Waals surface area contributed by atoms with Crippen molar-refractivity contribution in [3.8, 4) is 0 Å². The van der Waals surface area contributed by atoms with Crippen molar-refractivity contribution in [1.82, 2.24) is 0 Å². The molecular weight excluding hydrogens is 448 g/mol. The van der Waals surface area contributed by atoms with E-state index in [9.17, 15) is 9.90 Å². The first-order valence-corrected chi connectivity index (χ1v) is 15.2. The Labute approximate surface area is 219 Å². The molecule has 6 rings (SSSR count). The number of carbonyl (C=O) groups is 1. The van der Waals surface area contributed by atoms with Crippen molar-refractivity contribution in [2.75, 3.05) is 13.2 Å². The van der Waals surface area contributed by atoms with Gasteiger partial charge in [-0.25, -0.2) is 0 Å². The molecule has 0 bridgehead atoms. The van der Waals surface area contributed by atoms with Crippen molar-refractivity contribution in [2.24, 2.45) is 56.7 Å². The van der Waals surface area contributed by atoms with Gasteiger partial charge in [0, 0.05) is 18.9 Å². The standard InChI is InChI=1S/C32H52O4/c1-20(34)36-25-12-13-28(4)23(27(25,2)3)11-14-30(6)24(28)9-8-21-26-22(31(7)19-35-31)10-15-32(26,18-33)17-16-29(21,30)5/h21-26,33H,8-19H2,1-7H3/t21-,22-,23?,24?,25+,26+,28+,29-,30-,31-,32-/m1/s1. The second-order valence-electron chi connectivity index (χ2n) is 15.9. The van der Waals surface area contributed by atoms with Gasteiger partial charge in [0.25, 0.3) is 0 Å². The maximum absolute atomic E-state index is 11.9. The fraction of sp³-hybridized carbons (Fsp3) is 0.969. The highest BCUT2D eigenvalue weighted by Crippen LogP contribution is 2.78. The summed E-state index contributed by atoms with van der Waals surface area (Å²) in [5, 5.41) is 10.8. The molecule has 1 aliphatic heterocycles. The molecular formula is C32H52O4. The van der Waals surface area contributed by atoms with Crippen LogP contribution >= 0.6 is 0 Å². The third-order valence-electron chi connectivity index (χ3n) is 14.6. The van der Waals surface area contributed by atoms with Crippen LogP contribution in [0.25, 0.3) is 0 Å². The summed E-state index contributed by atoms with van der Waals surface area (Å²) in [6.45, 7) is 17.9. The Balaban J connectivity index is 1.35. The number of ether oxygens (including phenoxy) is 2. The molecule has 11 atom stereocenters. The number of carbonyl (C=O) groups excluding carboxylic acids is 1. The van der Waals surface area contributed by atoms with Crippen molar-refractivity contribution in [2.45, 2.75) is 124 Å². The van der Waals surface area contributed by atoms with Crippen LogP contribution in [0.1, 0.15) is 113 Å². The van der Waals surface area contributed by atoms with E-state index in [1.807, 2.05) is 0 Å². The van der Waals surface area contributed by atoms with Crippen molar-refractivity contribution in [3.63, 3.8) is 0 Å². The highest BCUT2D eigenvalue weighted by molar-refractivity contribution is 5.66. The predicted molar refractivity (Wildman–Crippen MR) is 141 cm³/mol. The minimum atomic E-state index is -0.126. The molecule has 0 aromatic carbocycles. The van der Waals surface area contributed by atoms with Crippen molar-refractivity contribution in [3.05, 3.63) is 0 Å². The number of rotatable bonds is 3. The third-order valence-corrected chi connectivity index (χ3v) is 14.6. The van der Waals surface area contributed by atoms with Crippen LogP contribution < -0.4 is 0 Å². The van der Waals surface area contributed by atoms with Gasteiger partial charge in [0.1, 0.15) is 6.10 Å². The first kappa shape index (κ1) is 25.7. The summed E-state index contributed by atoms with van der Waals surface area (Å²) < 4.78 is 12.0. The Morgan fingerprint density at radius 1 is 0.833 bits per heavy atom. The minimum absolute atomic E-state index is 0.0187. The Morgan fingerprint density at radius 3 is 2.19 bits per heavy atom. The lowest BCUT2D eigenvalue weighted by atomic mass is 9.32. The monoisotopic (exact) mass is 500 g/mol. The van der Waals surface area contributed by atoms with Gasteiger partial charge in [0.15, 0.2) is 0 Å². The second-order valence-corrected chi connectivity index (χ2v) is 15.9. The van der Waals surface area contributed by atoms with E-state index in [4.69, 9.17) is 9.47 Å². The molecule has 6 fully saturated rings. The van der Waals surface area contributed by atoms with E-state index >= 15 is 0 Å². The quantitative estimate of drug-likeness (QED) is 0.343. The van der Waals surface area contributed by atoms with Crippen LogP contribution in [0.2, 0.25) is 0 Å². The first-order valence-electron chi connectivity index (χ1n) is 15.2. The summed E-state index contributed by atoms with van der Waals surface area (Å²) in [5.74, 6) is 3.10. The summed E-state index contributed by atoms with van der Waals surface area (Å²) in [5.41, 5.74) is 1.14. The fourth-order valence-electron chi connectivity index (χ4n) is 12.4. The normalized spacial score (nSPS) is 57.1. The average Bonchev–Trinajstić information content (AvgIpc) is 3.42. The minimum Gasteiger partial charge on any atom is -0.462 e. The SMILES string of the molecule is CC(=O)O[C@H]1CC[C@@]2(C)C(CC[C@]3(C)C2CC[C@@H]2[C@H]4[C@H]([C@@]5(C)CO5)CC[C@]4(CO)CC[C@]23C)C1(C)C. The Bertz CT molecular complexity index is 923. The van der Waals surface area contributed by atoms with Crippen molar-refractivity contribution >= 4 is 5.97 Å². The third kappa shape index (κ3) is 3.09. The number of hydrogen-bond donors (Lipinski definition) is 1. The van der Waals surface area contributed by atoms with E-state index in [0.29, 0.717) is 46.5 Å². The zero-order chi connectivity index (χ0) is 25.9. The molecule has 204 valence electrons. The van der Waals surface area contributed by atoms with Gasteiger partial charge >= 0.3 is 5.97 Å². The fourth-order valence-corrected chi connectivity index (χ4v) is 12.4. The molecule has 0 amide bonds. The van der Waals surface area contributed by atoms with E-state index in [2.05, 4.69) is 41.5 Å². The summed E-state index contributed by atoms with van der Waals surface area (Å²) in [6.07, 6.45) is 12.3. The zero-order valence-corrected chi connectivity index (χ0v) is 24.1. The Kier molecular flexibility index (Phi) is 5.51. The van der Waals surface area contributed by atoms with Crippen LogP contribution in [-0.2, 0) is 14.3 Å². The lowest BCUT2D eigenvalue weighted by molar-refractivity contribution is -0.253. The maximum atomic E-state index is 11.9. The van der Waals surface area contributed by atoms with Crippen LogP contribution in [0.15, 0.2) is 0 Å². The van der Waals surface area contributed by atoms with Crippen LogP contribution in [0, 0.1) is 56.7 Å². The predicted octanol–water partition coefficient (Wildman–Crippen LogP) is 6.78. The summed E-state index contributed by atoms with van der Waals surface area (Å²) in [6, 6.07) is 0. The van der Waals surface area contributed by atoms with Crippen LogP contribution in [0.5, 0.6) is 0 Å². The molecule has 5 aliphatic carbocycles. The topological polar surface area (TPSA) is 59.1 Å². The highest BCUT2D eigenvalue weighted by atomic mass is 16.6. The Hall–Kier alpha value is -0.610. The molecule has 4 heteroatoms. The van der Waals surface area contributed by atoms with Gasteiger partial charge in [-0.1, -0.05) is 34.6 Å². The molecule has 0 spiro atoms. The molecule has 1 heterocycles. The van der Waals surface area contributed by atoms with Gasteiger partial charge in [-0.3, -0.25) is 4.79 Å². The summed E-state index contributed by atoms with van der Waals surface area (Å²) >= 11 is 0. The average molecular weight is 501 g/mol. The second kappa shape index (κ2) is 7.74. The number of aliphatic hydroxyl groups is 1. The lowest BCUT2D eigenvalue weighted by Gasteiger charge is -2.73. The number of aliphatic hydroxyl groups excluding tert-OH is 1. The zero-order valence-electron chi connectivity index (χ0n) is 24.1. The van der Waals surface area contributed by atoms with Gasteiger partial charge in [-0.2, -0.15) is 0 Å². The molecule has 1 saturated heterocycles. The van der Waals surface area contributed by atoms with E-state index in [1.165, 1.54) is 57.8 Å². The molecule has 36 heavy (non-hydrogen) atoms. The molecule has 0 aromatic heterocycles. The van der Waals surface area contributed by atoms with Gasteiger partial charge in [-0.05, 0) is 122 Å². The number of esters is 1. The van der Waals surface area contributed by atoms with E-state index < -0.39 is 0 Å². The van der Waals surface area contributed by atoms with Gasteiger partial charge in [0.05, 0.1) is 12.2 Å². The summed E-state index contributed by atoms with van der Waals surface area (Å²) in [7, 11) is 0. The van der Waals surface area contributed by atoms with Gasteiger partial charge in [-0.15, -0.1) is 0 Å². The van der Waals surface area contributed by atoms with Crippen LogP contribution in [-0.4, -0.2) is 36.0 Å². The number of epoxide rings is 1. The molecule has 0 aromatic rings. The molecule has 2 unspecified atom stereocenters. The first-order chi connectivity index (χ1) is 16.8. The van der Waals surface area contributed by atoms with Crippen LogP contribution in [0.3, 0.4) is 0 Å². The Morgan fingerprint density at radius 2 is 1.56 bits per heavy atom. The highest BCUT2D eigenvalue weighted by Gasteiger charge is 2.72. The van der Waals surface area contributed by atoms with Crippen molar-refractivity contribution < 1.29 is 19.4 Å². The molecule has 0 radical (unpaired) electrons. The van der Waals surface area contributed by atoms with Crippen LogP contribution in [0.4, 0.5) is 0 Å². The number of fused-ring (bicyclic) bond motifs is 7. The molecule has 6 aliphatic rings. The van der Waals surface area contributed by atoms with E-state index in [-0.39, 0.29) is 28.5 Å². The van der Waals surface area contributed by atoms with E-state index in [0.717, 1.165) is 18.9 Å². The van der Waals surface area contributed by atoms with Gasteiger partial charge < -0.3 is 14.6 Å². The largest absolute Gasteiger partial charge is 0.462 e. The summed E-state index contributed by atoms with van der Waals surface area (Å²) in [4.78, 5) is 11.9.